The van der Waals surface area contributed by atoms with Crippen LogP contribution in [0.3, 0.4) is 0 Å². The standard InChI is InChI=1S/C20H33N3O.C4H10.C3H8/c1-13-8-7-9-16(23-19(13)12-24)18-11-21-17(15(3)22-18)10-14(2)20(4,5)6;1-4(2)3;1-3-2/h10-11,13,16,19,23-24H,7-9,12H2,1-6H3;4H,1-3H3;3H2,1-2H3/b14-10+;;. The SMILES string of the molecule is C/C(=C\c1ncc(C2CCCC(C)C(CO)N2)nc1C)C(C)(C)C.CC(C)C.CCC. The highest BCUT2D eigenvalue weighted by molar-refractivity contribution is 5.51. The summed E-state index contributed by atoms with van der Waals surface area (Å²) in [7, 11) is 0. The van der Waals surface area contributed by atoms with Gasteiger partial charge >= 0.3 is 0 Å². The van der Waals surface area contributed by atoms with Gasteiger partial charge in [0.15, 0.2) is 0 Å². The number of aliphatic hydroxyl groups excluding tert-OH is 1. The van der Waals surface area contributed by atoms with Crippen molar-refractivity contribution in [1.82, 2.24) is 15.3 Å². The topological polar surface area (TPSA) is 58.0 Å². The largest absolute Gasteiger partial charge is 0.395 e. The summed E-state index contributed by atoms with van der Waals surface area (Å²) in [5, 5.41) is 13.2. The minimum Gasteiger partial charge on any atom is -0.395 e. The fourth-order valence-corrected chi connectivity index (χ4v) is 3.06. The molecule has 1 aromatic heterocycles. The number of nitrogens with zero attached hydrogens (tertiary/aromatic N) is 2. The summed E-state index contributed by atoms with van der Waals surface area (Å²) in [5.74, 6) is 1.32. The van der Waals surface area contributed by atoms with E-state index in [1.807, 2.05) is 13.1 Å². The zero-order chi connectivity index (χ0) is 24.2. The third-order valence-electron chi connectivity index (χ3n) is 5.35. The van der Waals surface area contributed by atoms with Crippen LogP contribution in [0.2, 0.25) is 0 Å². The molecule has 0 amide bonds. The number of rotatable bonds is 3. The number of aliphatic hydroxyl groups is 1. The summed E-state index contributed by atoms with van der Waals surface area (Å²) >= 11 is 0. The number of hydrogen-bond donors (Lipinski definition) is 2. The van der Waals surface area contributed by atoms with Gasteiger partial charge in [-0.2, -0.15) is 0 Å². The average Bonchev–Trinajstić information content (AvgIpc) is 2.84. The number of hydrogen-bond acceptors (Lipinski definition) is 4. The van der Waals surface area contributed by atoms with Gasteiger partial charge in [-0.25, -0.2) is 0 Å². The quantitative estimate of drug-likeness (QED) is 0.532. The van der Waals surface area contributed by atoms with Crippen LogP contribution in [0.4, 0.5) is 0 Å². The maximum absolute atomic E-state index is 9.62. The van der Waals surface area contributed by atoms with Gasteiger partial charge in [-0.05, 0) is 50.0 Å². The fourth-order valence-electron chi connectivity index (χ4n) is 3.06. The first kappa shape index (κ1) is 29.7. The van der Waals surface area contributed by atoms with Gasteiger partial charge in [0.25, 0.3) is 0 Å². The highest BCUT2D eigenvalue weighted by Crippen LogP contribution is 2.29. The van der Waals surface area contributed by atoms with Gasteiger partial charge in [-0.15, -0.1) is 0 Å². The Kier molecular flexibility index (Phi) is 14.1. The highest BCUT2D eigenvalue weighted by Gasteiger charge is 2.26. The van der Waals surface area contributed by atoms with Crippen molar-refractivity contribution in [2.45, 2.75) is 114 Å². The van der Waals surface area contributed by atoms with Crippen molar-refractivity contribution >= 4 is 6.08 Å². The van der Waals surface area contributed by atoms with Crippen molar-refractivity contribution < 1.29 is 5.11 Å². The molecule has 180 valence electrons. The number of aromatic nitrogens is 2. The Labute approximate surface area is 193 Å². The molecule has 2 N–H and O–H groups in total. The van der Waals surface area contributed by atoms with Crippen LogP contribution in [0, 0.1) is 24.2 Å². The molecule has 0 bridgehead atoms. The van der Waals surface area contributed by atoms with Crippen LogP contribution >= 0.6 is 0 Å². The van der Waals surface area contributed by atoms with Crippen LogP contribution in [0.25, 0.3) is 6.08 Å². The van der Waals surface area contributed by atoms with Gasteiger partial charge in [0.1, 0.15) is 0 Å². The Morgan fingerprint density at radius 3 is 2.23 bits per heavy atom. The number of allylic oxidation sites excluding steroid dienone is 1. The maximum atomic E-state index is 9.62. The molecule has 1 fully saturated rings. The van der Waals surface area contributed by atoms with Crippen molar-refractivity contribution in [1.29, 1.82) is 0 Å². The molecule has 2 rings (SSSR count). The van der Waals surface area contributed by atoms with Crippen molar-refractivity contribution in [3.05, 3.63) is 28.9 Å². The lowest BCUT2D eigenvalue weighted by molar-refractivity contribution is 0.199. The molecule has 1 aliphatic heterocycles. The van der Waals surface area contributed by atoms with Crippen molar-refractivity contribution in [2.24, 2.45) is 17.3 Å². The van der Waals surface area contributed by atoms with E-state index in [-0.39, 0.29) is 24.1 Å². The molecule has 0 aliphatic carbocycles. The first-order valence-electron chi connectivity index (χ1n) is 12.3. The predicted molar refractivity (Wildman–Crippen MR) is 136 cm³/mol. The normalized spacial score (nSPS) is 22.1. The van der Waals surface area contributed by atoms with Crippen LogP contribution in [0.5, 0.6) is 0 Å². The third kappa shape index (κ3) is 11.8. The van der Waals surface area contributed by atoms with Crippen LogP contribution in [0.15, 0.2) is 11.8 Å². The molecule has 1 aliphatic rings. The smallest absolute Gasteiger partial charge is 0.0842 e. The van der Waals surface area contributed by atoms with Gasteiger partial charge in [0.05, 0.1) is 35.9 Å². The van der Waals surface area contributed by atoms with Crippen LogP contribution in [0.1, 0.15) is 118 Å². The van der Waals surface area contributed by atoms with Gasteiger partial charge in [-0.1, -0.05) is 80.7 Å². The maximum Gasteiger partial charge on any atom is 0.0842 e. The third-order valence-corrected chi connectivity index (χ3v) is 5.35. The molecule has 0 aromatic carbocycles. The second-order valence-electron chi connectivity index (χ2n) is 10.7. The van der Waals surface area contributed by atoms with E-state index in [2.05, 4.69) is 85.6 Å². The number of nitrogens with one attached hydrogen (secondary N) is 1. The molecular formula is C27H51N3O. The summed E-state index contributed by atoms with van der Waals surface area (Å²) in [4.78, 5) is 9.48. The van der Waals surface area contributed by atoms with E-state index in [1.54, 1.807) is 0 Å². The van der Waals surface area contributed by atoms with Crippen LogP contribution < -0.4 is 5.32 Å². The molecule has 2 heterocycles. The minimum atomic E-state index is 0.139. The van der Waals surface area contributed by atoms with E-state index in [1.165, 1.54) is 12.0 Å². The lowest BCUT2D eigenvalue weighted by Gasteiger charge is -2.24. The first-order valence-corrected chi connectivity index (χ1v) is 12.3. The van der Waals surface area contributed by atoms with Crippen LogP contribution in [-0.4, -0.2) is 27.7 Å². The summed E-state index contributed by atoms with van der Waals surface area (Å²) in [6.07, 6.45) is 8.64. The Morgan fingerprint density at radius 2 is 1.77 bits per heavy atom. The molecule has 3 unspecified atom stereocenters. The van der Waals surface area contributed by atoms with E-state index < -0.39 is 0 Å². The summed E-state index contributed by atoms with van der Waals surface area (Å²) in [6, 6.07) is 0.322. The lowest BCUT2D eigenvalue weighted by Crippen LogP contribution is -2.39. The second kappa shape index (κ2) is 14.7. The molecule has 0 radical (unpaired) electrons. The fraction of sp³-hybridized carbons (Fsp3) is 0.778. The molecule has 4 nitrogen and oxygen atoms in total. The van der Waals surface area contributed by atoms with E-state index in [9.17, 15) is 5.11 Å². The second-order valence-corrected chi connectivity index (χ2v) is 10.7. The summed E-state index contributed by atoms with van der Waals surface area (Å²) in [6.45, 7) is 23.9. The van der Waals surface area contributed by atoms with Gasteiger partial charge in [0, 0.05) is 6.04 Å². The zero-order valence-corrected chi connectivity index (χ0v) is 22.3. The molecule has 0 saturated carbocycles. The Bertz CT molecular complexity index is 644. The van der Waals surface area contributed by atoms with Crippen molar-refractivity contribution in [3.63, 3.8) is 0 Å². The monoisotopic (exact) mass is 433 g/mol. The van der Waals surface area contributed by atoms with E-state index in [0.29, 0.717) is 5.92 Å². The summed E-state index contributed by atoms with van der Waals surface area (Å²) < 4.78 is 0. The average molecular weight is 434 g/mol. The van der Waals surface area contributed by atoms with Gasteiger partial charge in [0.2, 0.25) is 0 Å². The number of aryl methyl sites for hydroxylation is 1. The zero-order valence-electron chi connectivity index (χ0n) is 22.3. The minimum absolute atomic E-state index is 0.139. The molecule has 1 aromatic rings. The predicted octanol–water partition coefficient (Wildman–Crippen LogP) is 7.12. The first-order chi connectivity index (χ1) is 14.4. The Hall–Kier alpha value is -1.26. The van der Waals surface area contributed by atoms with E-state index in [0.717, 1.165) is 42.3 Å². The molecule has 31 heavy (non-hydrogen) atoms. The van der Waals surface area contributed by atoms with Crippen molar-refractivity contribution in [3.8, 4) is 0 Å². The molecule has 0 spiro atoms. The lowest BCUT2D eigenvalue weighted by atomic mass is 9.87. The Balaban J connectivity index is 0.00000113. The Morgan fingerprint density at radius 1 is 1.23 bits per heavy atom. The molecular weight excluding hydrogens is 382 g/mol. The van der Waals surface area contributed by atoms with Crippen LogP contribution in [-0.2, 0) is 0 Å². The van der Waals surface area contributed by atoms with Gasteiger partial charge < -0.3 is 10.4 Å². The highest BCUT2D eigenvalue weighted by atomic mass is 16.3. The molecule has 4 heteroatoms. The summed E-state index contributed by atoms with van der Waals surface area (Å²) in [5.41, 5.74) is 4.35. The van der Waals surface area contributed by atoms with E-state index >= 15 is 0 Å². The molecule has 1 saturated heterocycles. The van der Waals surface area contributed by atoms with Crippen molar-refractivity contribution in [2.75, 3.05) is 6.61 Å². The van der Waals surface area contributed by atoms with Gasteiger partial charge in [-0.3, -0.25) is 9.97 Å². The van der Waals surface area contributed by atoms with E-state index in [4.69, 9.17) is 4.98 Å². The molecule has 3 atom stereocenters.